The Balaban J connectivity index is 1.83. The molecular formula is C14H19NO2. The average molecular weight is 233 g/mol. The summed E-state index contributed by atoms with van der Waals surface area (Å²) in [5, 5.41) is 12.3. The Bertz CT molecular complexity index is 411. The van der Waals surface area contributed by atoms with Crippen LogP contribution in [0, 0.1) is 12.8 Å². The first-order valence-corrected chi connectivity index (χ1v) is 6.24. The molecule has 0 heterocycles. The topological polar surface area (TPSA) is 49.3 Å². The smallest absolute Gasteiger partial charge is 0.251 e. The van der Waals surface area contributed by atoms with Crippen molar-refractivity contribution in [3.05, 3.63) is 29.3 Å². The highest BCUT2D eigenvalue weighted by molar-refractivity contribution is 5.94. The molecule has 0 spiro atoms. The van der Waals surface area contributed by atoms with Crippen LogP contribution in [0.5, 0.6) is 5.75 Å². The van der Waals surface area contributed by atoms with Gasteiger partial charge in [0.05, 0.1) is 0 Å². The molecule has 1 aliphatic carbocycles. The van der Waals surface area contributed by atoms with Crippen molar-refractivity contribution in [2.24, 2.45) is 5.92 Å². The van der Waals surface area contributed by atoms with Crippen molar-refractivity contribution in [2.45, 2.75) is 32.6 Å². The highest BCUT2D eigenvalue weighted by Gasteiger charge is 2.17. The predicted molar refractivity (Wildman–Crippen MR) is 67.1 cm³/mol. The van der Waals surface area contributed by atoms with Crippen LogP contribution in [0.4, 0.5) is 0 Å². The van der Waals surface area contributed by atoms with Gasteiger partial charge in [0, 0.05) is 12.1 Å². The van der Waals surface area contributed by atoms with Gasteiger partial charge in [0.15, 0.2) is 0 Å². The molecule has 1 aromatic rings. The molecule has 92 valence electrons. The van der Waals surface area contributed by atoms with Crippen LogP contribution in [0.1, 0.15) is 41.6 Å². The lowest BCUT2D eigenvalue weighted by Crippen LogP contribution is -2.27. The molecule has 0 aromatic heterocycles. The molecule has 2 rings (SSSR count). The van der Waals surface area contributed by atoms with Gasteiger partial charge < -0.3 is 10.4 Å². The summed E-state index contributed by atoms with van der Waals surface area (Å²) in [5.41, 5.74) is 1.35. The van der Waals surface area contributed by atoms with Gasteiger partial charge in [-0.2, -0.15) is 0 Å². The maximum Gasteiger partial charge on any atom is 0.251 e. The largest absolute Gasteiger partial charge is 0.508 e. The normalized spacial score (nSPS) is 15.4. The molecule has 2 N–H and O–H groups in total. The molecule has 0 radical (unpaired) electrons. The van der Waals surface area contributed by atoms with Crippen LogP contribution >= 0.6 is 0 Å². The maximum atomic E-state index is 11.8. The summed E-state index contributed by atoms with van der Waals surface area (Å²) in [5.74, 6) is 1.00. The third kappa shape index (κ3) is 2.99. The SMILES string of the molecule is Cc1cc(C(=O)NCCC2CCC2)ccc1O. The fourth-order valence-corrected chi connectivity index (χ4v) is 2.07. The number of carbonyl (C=O) groups excluding carboxylic acids is 1. The van der Waals surface area contributed by atoms with E-state index >= 15 is 0 Å². The van der Waals surface area contributed by atoms with E-state index in [9.17, 15) is 9.90 Å². The zero-order chi connectivity index (χ0) is 12.3. The van der Waals surface area contributed by atoms with Gasteiger partial charge in [-0.15, -0.1) is 0 Å². The monoisotopic (exact) mass is 233 g/mol. The molecule has 17 heavy (non-hydrogen) atoms. The van der Waals surface area contributed by atoms with Gasteiger partial charge >= 0.3 is 0 Å². The fourth-order valence-electron chi connectivity index (χ4n) is 2.07. The van der Waals surface area contributed by atoms with Crippen molar-refractivity contribution in [1.82, 2.24) is 5.32 Å². The van der Waals surface area contributed by atoms with Crippen LogP contribution < -0.4 is 5.32 Å². The minimum atomic E-state index is -0.0487. The zero-order valence-electron chi connectivity index (χ0n) is 10.2. The molecule has 3 heteroatoms. The van der Waals surface area contributed by atoms with E-state index in [1.54, 1.807) is 25.1 Å². The highest BCUT2D eigenvalue weighted by atomic mass is 16.3. The number of hydrogen-bond acceptors (Lipinski definition) is 2. The van der Waals surface area contributed by atoms with E-state index in [0.29, 0.717) is 5.56 Å². The summed E-state index contributed by atoms with van der Waals surface area (Å²) in [4.78, 5) is 11.8. The predicted octanol–water partition coefficient (Wildman–Crippen LogP) is 2.62. The van der Waals surface area contributed by atoms with Crippen molar-refractivity contribution in [3.8, 4) is 5.75 Å². The number of phenols is 1. The molecule has 1 amide bonds. The van der Waals surface area contributed by atoms with E-state index in [1.165, 1.54) is 19.3 Å². The average Bonchev–Trinajstić information content (AvgIpc) is 2.25. The molecule has 0 bridgehead atoms. The number of nitrogens with one attached hydrogen (secondary N) is 1. The van der Waals surface area contributed by atoms with Crippen LogP contribution in [0.15, 0.2) is 18.2 Å². The second-order valence-electron chi connectivity index (χ2n) is 4.84. The van der Waals surface area contributed by atoms with Crippen molar-refractivity contribution in [1.29, 1.82) is 0 Å². The molecule has 3 nitrogen and oxygen atoms in total. The Morgan fingerprint density at radius 3 is 2.82 bits per heavy atom. The van der Waals surface area contributed by atoms with E-state index in [2.05, 4.69) is 5.32 Å². The Kier molecular flexibility index (Phi) is 3.67. The molecule has 0 aliphatic heterocycles. The zero-order valence-corrected chi connectivity index (χ0v) is 10.2. The summed E-state index contributed by atoms with van der Waals surface area (Å²) in [7, 11) is 0. The van der Waals surface area contributed by atoms with E-state index in [-0.39, 0.29) is 11.7 Å². The number of rotatable bonds is 4. The van der Waals surface area contributed by atoms with Gasteiger partial charge in [0.2, 0.25) is 0 Å². The van der Waals surface area contributed by atoms with Crippen LogP contribution in [-0.4, -0.2) is 17.6 Å². The first kappa shape index (κ1) is 12.0. The first-order chi connectivity index (χ1) is 8.16. The van der Waals surface area contributed by atoms with Crippen molar-refractivity contribution in [3.63, 3.8) is 0 Å². The summed E-state index contributed by atoms with van der Waals surface area (Å²) >= 11 is 0. The fraction of sp³-hybridized carbons (Fsp3) is 0.500. The van der Waals surface area contributed by atoms with Crippen LogP contribution in [0.2, 0.25) is 0 Å². The standard InChI is InChI=1S/C14H19NO2/c1-10-9-12(5-6-13(10)16)14(17)15-8-7-11-3-2-4-11/h5-6,9,11,16H,2-4,7-8H2,1H3,(H,15,17). The van der Waals surface area contributed by atoms with E-state index in [4.69, 9.17) is 0 Å². The summed E-state index contributed by atoms with van der Waals surface area (Å²) < 4.78 is 0. The van der Waals surface area contributed by atoms with Gasteiger partial charge in [-0.25, -0.2) is 0 Å². The summed E-state index contributed by atoms with van der Waals surface area (Å²) in [6, 6.07) is 4.94. The molecule has 1 aromatic carbocycles. The van der Waals surface area contributed by atoms with Crippen molar-refractivity contribution in [2.75, 3.05) is 6.54 Å². The minimum absolute atomic E-state index is 0.0487. The first-order valence-electron chi connectivity index (χ1n) is 6.24. The Morgan fingerprint density at radius 1 is 1.47 bits per heavy atom. The van der Waals surface area contributed by atoms with Gasteiger partial charge in [-0.3, -0.25) is 4.79 Å². The molecule has 0 atom stereocenters. The van der Waals surface area contributed by atoms with E-state index in [0.717, 1.165) is 24.4 Å². The second kappa shape index (κ2) is 5.21. The molecule has 0 unspecified atom stereocenters. The molecule has 1 saturated carbocycles. The molecule has 1 fully saturated rings. The van der Waals surface area contributed by atoms with Gasteiger partial charge in [-0.05, 0) is 43.0 Å². The number of benzene rings is 1. The number of phenolic OH excluding ortho intramolecular Hbond substituents is 1. The summed E-state index contributed by atoms with van der Waals surface area (Å²) in [6.07, 6.45) is 5.06. The van der Waals surface area contributed by atoms with Crippen LogP contribution in [-0.2, 0) is 0 Å². The minimum Gasteiger partial charge on any atom is -0.508 e. The number of aromatic hydroxyl groups is 1. The van der Waals surface area contributed by atoms with Crippen molar-refractivity contribution < 1.29 is 9.90 Å². The number of amides is 1. The molecule has 0 saturated heterocycles. The lowest BCUT2D eigenvalue weighted by atomic mass is 9.83. The van der Waals surface area contributed by atoms with Gasteiger partial charge in [0.25, 0.3) is 5.91 Å². The highest BCUT2D eigenvalue weighted by Crippen LogP contribution is 2.28. The molecular weight excluding hydrogens is 214 g/mol. The Labute approximate surface area is 102 Å². The van der Waals surface area contributed by atoms with Crippen molar-refractivity contribution >= 4 is 5.91 Å². The van der Waals surface area contributed by atoms with E-state index in [1.807, 2.05) is 0 Å². The van der Waals surface area contributed by atoms with Gasteiger partial charge in [-0.1, -0.05) is 19.3 Å². The van der Waals surface area contributed by atoms with Gasteiger partial charge in [0.1, 0.15) is 5.75 Å². The molecule has 1 aliphatic rings. The second-order valence-corrected chi connectivity index (χ2v) is 4.84. The number of aryl methyl sites for hydroxylation is 1. The Hall–Kier alpha value is -1.51. The number of hydrogen-bond donors (Lipinski definition) is 2. The lowest BCUT2D eigenvalue weighted by molar-refractivity contribution is 0.0949. The lowest BCUT2D eigenvalue weighted by Gasteiger charge is -2.25. The third-order valence-corrected chi connectivity index (χ3v) is 3.52. The Morgan fingerprint density at radius 2 is 2.24 bits per heavy atom. The van der Waals surface area contributed by atoms with E-state index < -0.39 is 0 Å². The maximum absolute atomic E-state index is 11.8. The summed E-state index contributed by atoms with van der Waals surface area (Å²) in [6.45, 7) is 2.55. The number of carbonyl (C=O) groups is 1. The van der Waals surface area contributed by atoms with Crippen LogP contribution in [0.25, 0.3) is 0 Å². The van der Waals surface area contributed by atoms with Crippen LogP contribution in [0.3, 0.4) is 0 Å². The third-order valence-electron chi connectivity index (χ3n) is 3.52. The quantitative estimate of drug-likeness (QED) is 0.839.